The van der Waals surface area contributed by atoms with Gasteiger partial charge >= 0.3 is 129 Å². The van der Waals surface area contributed by atoms with E-state index in [1.54, 1.807) is 0 Å². The fraction of sp³-hybridized carbons (Fsp3) is 0.137. The molecule has 3 aromatic heterocycles. The van der Waals surface area contributed by atoms with E-state index >= 15 is 0 Å². The van der Waals surface area contributed by atoms with Crippen LogP contribution >= 0.6 is 0 Å². The molecule has 0 saturated heterocycles. The van der Waals surface area contributed by atoms with Crippen molar-refractivity contribution in [1.29, 1.82) is 0 Å². The van der Waals surface area contributed by atoms with Crippen LogP contribution in [0.15, 0.2) is 156 Å². The molecule has 0 aliphatic carbocycles. The summed E-state index contributed by atoms with van der Waals surface area (Å²) >= 11 is -1.84. The van der Waals surface area contributed by atoms with Crippen molar-refractivity contribution in [3.63, 3.8) is 0 Å². The van der Waals surface area contributed by atoms with E-state index in [1.807, 2.05) is 24.4 Å². The predicted octanol–water partition coefficient (Wildman–Crippen LogP) is 13.5. The molecule has 0 N–H and O–H groups in total. The van der Waals surface area contributed by atoms with Gasteiger partial charge < -0.3 is 9.40 Å². The standard InChI is InChI=1S/C32H24NO.C19H20GeN.Ir/c1-21(2)23-16-17-33-30(19-23)29-13-7-12-28-27-15-14-26(20-31(27)34-32(28)29)25-11-6-10-24(18-25)22-8-4-3-5-9-22;1-14-12-19(21-13-18(14)20(2,3)4)17-11-7-9-15-8-5-6-10-16(15)17;/h3-12,14-21H,1-2H3;5-10,12-13H,1-4H3;/q2*-1;. The first kappa shape index (κ1) is 39.1. The van der Waals surface area contributed by atoms with Gasteiger partial charge in [0.15, 0.2) is 0 Å². The summed E-state index contributed by atoms with van der Waals surface area (Å²) in [7, 11) is 0. The summed E-state index contributed by atoms with van der Waals surface area (Å²) in [6.45, 7) is 6.60. The number of benzene rings is 6. The quantitative estimate of drug-likeness (QED) is 0.123. The van der Waals surface area contributed by atoms with Crippen LogP contribution < -0.4 is 4.40 Å². The Morgan fingerprint density at radius 2 is 1.27 bits per heavy atom. The van der Waals surface area contributed by atoms with Crippen LogP contribution in [0.25, 0.3) is 77.5 Å². The number of fused-ring (bicyclic) bond motifs is 4. The molecule has 9 aromatic rings. The number of nitrogens with zero attached hydrogens (tertiary/aromatic N) is 2. The SMILES string of the molecule is CC(C)c1ccnc(-c2[c-]ccc3c2oc2cc(-c4cccc(-c5ccccc5)c4)ccc23)c1.Cc1cc(-c2[c-]ccc3ccccc23)nc[c]1[Ge]([CH3])([CH3])[CH3].[Ir]. The molecule has 0 saturated carbocycles. The van der Waals surface area contributed by atoms with E-state index in [9.17, 15) is 0 Å². The Kier molecular flexibility index (Phi) is 11.6. The number of pyridine rings is 2. The van der Waals surface area contributed by atoms with Gasteiger partial charge in [0.05, 0.1) is 5.58 Å². The van der Waals surface area contributed by atoms with Crippen molar-refractivity contribution >= 4 is 50.4 Å². The van der Waals surface area contributed by atoms with Gasteiger partial charge in [0.25, 0.3) is 0 Å². The van der Waals surface area contributed by atoms with Crippen LogP contribution in [0.5, 0.6) is 0 Å². The maximum atomic E-state index is 6.44. The van der Waals surface area contributed by atoms with Crippen molar-refractivity contribution in [2.45, 2.75) is 44.0 Å². The average Bonchev–Trinajstić information content (AvgIpc) is 3.59. The molecule has 0 atom stereocenters. The maximum Gasteiger partial charge on any atom is 0 e. The van der Waals surface area contributed by atoms with E-state index < -0.39 is 13.3 Å². The van der Waals surface area contributed by atoms with Gasteiger partial charge in [-0.25, -0.2) is 0 Å². The molecular formula is C51H44GeIrN2O-2. The smallest absolute Gasteiger partial charge is 0 e. The first-order valence-electron chi connectivity index (χ1n) is 19.0. The van der Waals surface area contributed by atoms with Crippen molar-refractivity contribution in [2.75, 3.05) is 0 Å². The van der Waals surface area contributed by atoms with E-state index in [0.29, 0.717) is 5.92 Å². The molecule has 6 aromatic carbocycles. The third-order valence-corrected chi connectivity index (χ3v) is 14.8. The molecule has 0 aliphatic heterocycles. The Labute approximate surface area is 346 Å². The summed E-state index contributed by atoms with van der Waals surface area (Å²) in [5.74, 6) is 7.67. The van der Waals surface area contributed by atoms with Crippen molar-refractivity contribution in [1.82, 2.24) is 9.97 Å². The molecule has 0 bridgehead atoms. The summed E-state index contributed by atoms with van der Waals surface area (Å²) in [4.78, 5) is 9.37. The van der Waals surface area contributed by atoms with Gasteiger partial charge in [-0.3, -0.25) is 0 Å². The first-order chi connectivity index (χ1) is 26.6. The van der Waals surface area contributed by atoms with Crippen LogP contribution in [0.2, 0.25) is 17.3 Å². The van der Waals surface area contributed by atoms with E-state index in [-0.39, 0.29) is 20.1 Å². The average molecular weight is 966 g/mol. The Bertz CT molecular complexity index is 2790. The maximum absolute atomic E-state index is 6.44. The minimum Gasteiger partial charge on any atom is 0 e. The van der Waals surface area contributed by atoms with Crippen molar-refractivity contribution in [3.8, 4) is 44.8 Å². The third-order valence-electron chi connectivity index (χ3n) is 10.3. The van der Waals surface area contributed by atoms with Gasteiger partial charge in [-0.2, -0.15) is 0 Å². The second-order valence-corrected chi connectivity index (χ2v) is 26.1. The Morgan fingerprint density at radius 3 is 2.04 bits per heavy atom. The number of furan rings is 1. The molecule has 0 spiro atoms. The summed E-state index contributed by atoms with van der Waals surface area (Å²) in [6, 6.07) is 55.3. The Balaban J connectivity index is 0.000000188. The van der Waals surface area contributed by atoms with Crippen LogP contribution in [-0.4, -0.2) is 23.2 Å². The van der Waals surface area contributed by atoms with Gasteiger partial charge in [0, 0.05) is 31.7 Å². The molecule has 0 amide bonds. The number of aromatic nitrogens is 2. The minimum atomic E-state index is -1.84. The van der Waals surface area contributed by atoms with Crippen LogP contribution in [0, 0.1) is 19.1 Å². The molecular weight excluding hydrogens is 921 g/mol. The monoisotopic (exact) mass is 967 g/mol. The molecule has 1 radical (unpaired) electrons. The number of aryl methyl sites for hydroxylation is 1. The molecule has 3 heterocycles. The van der Waals surface area contributed by atoms with Gasteiger partial charge in [-0.1, -0.05) is 97.1 Å². The van der Waals surface area contributed by atoms with Crippen LogP contribution in [0.4, 0.5) is 0 Å². The van der Waals surface area contributed by atoms with Gasteiger partial charge in [0.2, 0.25) is 0 Å². The van der Waals surface area contributed by atoms with Crippen LogP contribution in [-0.2, 0) is 20.1 Å². The zero-order chi connectivity index (χ0) is 38.1. The van der Waals surface area contributed by atoms with E-state index in [4.69, 9.17) is 9.40 Å². The number of hydrogen-bond donors (Lipinski definition) is 0. The molecule has 56 heavy (non-hydrogen) atoms. The van der Waals surface area contributed by atoms with Crippen molar-refractivity contribution < 1.29 is 24.5 Å². The van der Waals surface area contributed by atoms with Gasteiger partial charge in [0.1, 0.15) is 5.58 Å². The van der Waals surface area contributed by atoms with Crippen LogP contribution in [0.1, 0.15) is 30.9 Å². The summed E-state index contributed by atoms with van der Waals surface area (Å²) in [6.07, 6.45) is 3.97. The fourth-order valence-electron chi connectivity index (χ4n) is 7.42. The Morgan fingerprint density at radius 1 is 0.589 bits per heavy atom. The molecule has 0 unspecified atom stereocenters. The van der Waals surface area contributed by atoms with Crippen molar-refractivity contribution in [3.05, 3.63) is 175 Å². The zero-order valence-electron chi connectivity index (χ0n) is 32.6. The van der Waals surface area contributed by atoms with Gasteiger partial charge in [-0.05, 0) is 52.1 Å². The zero-order valence-corrected chi connectivity index (χ0v) is 37.1. The molecule has 279 valence electrons. The van der Waals surface area contributed by atoms with E-state index in [1.165, 1.54) is 43.0 Å². The molecule has 0 aliphatic rings. The summed E-state index contributed by atoms with van der Waals surface area (Å²) in [5.41, 5.74) is 13.0. The Hall–Kier alpha value is -5.13. The second kappa shape index (κ2) is 16.5. The largest absolute Gasteiger partial charge is 0 e. The molecule has 3 nitrogen and oxygen atoms in total. The summed E-state index contributed by atoms with van der Waals surface area (Å²) in [5, 5.41) is 4.65. The predicted molar refractivity (Wildman–Crippen MR) is 234 cm³/mol. The van der Waals surface area contributed by atoms with Crippen LogP contribution in [0.3, 0.4) is 0 Å². The number of rotatable bonds is 6. The summed E-state index contributed by atoms with van der Waals surface area (Å²) < 4.78 is 7.93. The normalized spacial score (nSPS) is 11.4. The second-order valence-electron chi connectivity index (χ2n) is 15.6. The third kappa shape index (κ3) is 8.06. The molecule has 0 fully saturated rings. The first-order valence-corrected chi connectivity index (χ1v) is 26.3. The van der Waals surface area contributed by atoms with Crippen molar-refractivity contribution in [2.24, 2.45) is 0 Å². The van der Waals surface area contributed by atoms with E-state index in [2.05, 4.69) is 183 Å². The molecule has 9 rings (SSSR count). The minimum absolute atomic E-state index is 0. The molecule has 5 heteroatoms. The number of hydrogen-bond acceptors (Lipinski definition) is 3. The van der Waals surface area contributed by atoms with Gasteiger partial charge in [-0.15, -0.1) is 18.2 Å². The fourth-order valence-corrected chi connectivity index (χ4v) is 11.0. The van der Waals surface area contributed by atoms with E-state index in [0.717, 1.165) is 50.0 Å². The topological polar surface area (TPSA) is 38.9 Å².